The normalized spacial score (nSPS) is 18.3. The van der Waals surface area contributed by atoms with Crippen LogP contribution in [-0.4, -0.2) is 71.3 Å². The maximum absolute atomic E-state index is 12.7. The van der Waals surface area contributed by atoms with Crippen molar-refractivity contribution in [3.63, 3.8) is 0 Å². The Labute approximate surface area is 144 Å². The van der Waals surface area contributed by atoms with E-state index in [1.54, 1.807) is 16.0 Å². The molecule has 0 aromatic carbocycles. The van der Waals surface area contributed by atoms with Gasteiger partial charge in [0.15, 0.2) is 0 Å². The van der Waals surface area contributed by atoms with Crippen LogP contribution in [0.4, 0.5) is 0 Å². The van der Waals surface area contributed by atoms with Crippen molar-refractivity contribution in [3.05, 3.63) is 30.1 Å². The van der Waals surface area contributed by atoms with Gasteiger partial charge < -0.3 is 9.80 Å². The van der Waals surface area contributed by atoms with E-state index in [4.69, 9.17) is 0 Å². The summed E-state index contributed by atoms with van der Waals surface area (Å²) in [5.41, 5.74) is 1.07. The summed E-state index contributed by atoms with van der Waals surface area (Å²) < 4.78 is 0. The Hall–Kier alpha value is -1.95. The molecular formula is C18H28N4O2. The number of unbranched alkanes of at least 4 members (excludes halogenated alkanes) is 1. The molecule has 1 aliphatic rings. The van der Waals surface area contributed by atoms with Crippen molar-refractivity contribution >= 4 is 11.8 Å². The summed E-state index contributed by atoms with van der Waals surface area (Å²) in [4.78, 5) is 34.7. The molecule has 0 N–H and O–H groups in total. The quantitative estimate of drug-likeness (QED) is 0.757. The zero-order valence-electron chi connectivity index (χ0n) is 14.9. The van der Waals surface area contributed by atoms with Crippen LogP contribution in [0.5, 0.6) is 0 Å². The Morgan fingerprint density at radius 1 is 1.42 bits per heavy atom. The fraction of sp³-hybridized carbons (Fsp3) is 0.611. The van der Waals surface area contributed by atoms with Gasteiger partial charge in [-0.25, -0.2) is 0 Å². The number of amides is 2. The Bertz CT molecular complexity index is 549. The standard InChI is InChI=1S/C18H28N4O2/c1-4-5-8-16-18(24)21(3)10-11-22(16)17(23)14-20(2)13-15-7-6-9-19-12-15/h6-7,9,12,16H,4-5,8,10-11,13-14H2,1-3H3/t16-/m0/s1. The molecule has 0 bridgehead atoms. The van der Waals surface area contributed by atoms with Gasteiger partial charge in [-0.1, -0.05) is 25.8 Å². The van der Waals surface area contributed by atoms with E-state index in [1.165, 1.54) is 0 Å². The van der Waals surface area contributed by atoms with Gasteiger partial charge in [0.1, 0.15) is 6.04 Å². The van der Waals surface area contributed by atoms with Gasteiger partial charge >= 0.3 is 0 Å². The molecule has 0 aliphatic carbocycles. The molecule has 132 valence electrons. The van der Waals surface area contributed by atoms with Crippen LogP contribution in [0.2, 0.25) is 0 Å². The molecule has 0 unspecified atom stereocenters. The molecule has 2 heterocycles. The van der Waals surface area contributed by atoms with Crippen LogP contribution >= 0.6 is 0 Å². The molecule has 6 heteroatoms. The minimum absolute atomic E-state index is 0.0314. The maximum Gasteiger partial charge on any atom is 0.245 e. The van der Waals surface area contributed by atoms with Crippen LogP contribution in [0.15, 0.2) is 24.5 Å². The zero-order chi connectivity index (χ0) is 17.5. The average molecular weight is 332 g/mol. The third-order valence-electron chi connectivity index (χ3n) is 4.45. The van der Waals surface area contributed by atoms with Gasteiger partial charge in [-0.15, -0.1) is 0 Å². The second-order valence-electron chi connectivity index (χ2n) is 6.54. The number of hydrogen-bond donors (Lipinski definition) is 0. The van der Waals surface area contributed by atoms with Crippen molar-refractivity contribution in [1.29, 1.82) is 0 Å². The smallest absolute Gasteiger partial charge is 0.245 e. The third kappa shape index (κ3) is 4.77. The van der Waals surface area contributed by atoms with Crippen molar-refractivity contribution in [1.82, 2.24) is 19.7 Å². The molecule has 0 spiro atoms. The highest BCUT2D eigenvalue weighted by atomic mass is 16.2. The summed E-state index contributed by atoms with van der Waals surface area (Å²) in [5.74, 6) is 0.0990. The largest absolute Gasteiger partial charge is 0.342 e. The molecule has 1 atom stereocenters. The third-order valence-corrected chi connectivity index (χ3v) is 4.45. The predicted molar refractivity (Wildman–Crippen MR) is 93.2 cm³/mol. The molecular weight excluding hydrogens is 304 g/mol. The fourth-order valence-electron chi connectivity index (χ4n) is 3.07. The van der Waals surface area contributed by atoms with Crippen molar-refractivity contribution in [2.45, 2.75) is 38.8 Å². The summed E-state index contributed by atoms with van der Waals surface area (Å²) in [7, 11) is 3.74. The zero-order valence-corrected chi connectivity index (χ0v) is 14.9. The number of nitrogens with zero attached hydrogens (tertiary/aromatic N) is 4. The van der Waals surface area contributed by atoms with Crippen molar-refractivity contribution < 1.29 is 9.59 Å². The average Bonchev–Trinajstić information content (AvgIpc) is 2.56. The summed E-state index contributed by atoms with van der Waals surface area (Å²) in [6.45, 7) is 4.32. The lowest BCUT2D eigenvalue weighted by Gasteiger charge is -2.39. The summed E-state index contributed by atoms with van der Waals surface area (Å²) in [6.07, 6.45) is 6.28. The van der Waals surface area contributed by atoms with Gasteiger partial charge in [-0.05, 0) is 25.1 Å². The van der Waals surface area contributed by atoms with Gasteiger partial charge in [-0.2, -0.15) is 0 Å². The van der Waals surface area contributed by atoms with Gasteiger partial charge in [0.25, 0.3) is 0 Å². The second kappa shape index (κ2) is 8.78. The lowest BCUT2D eigenvalue weighted by molar-refractivity contribution is -0.151. The first-order valence-corrected chi connectivity index (χ1v) is 8.64. The van der Waals surface area contributed by atoms with Gasteiger partial charge in [0.05, 0.1) is 6.54 Å². The topological polar surface area (TPSA) is 56.8 Å². The Morgan fingerprint density at radius 2 is 2.21 bits per heavy atom. The van der Waals surface area contributed by atoms with Crippen molar-refractivity contribution in [3.8, 4) is 0 Å². The first kappa shape index (κ1) is 18.4. The first-order valence-electron chi connectivity index (χ1n) is 8.64. The molecule has 1 saturated heterocycles. The van der Waals surface area contributed by atoms with Crippen molar-refractivity contribution in [2.24, 2.45) is 0 Å². The highest BCUT2D eigenvalue weighted by molar-refractivity contribution is 5.89. The number of pyridine rings is 1. The second-order valence-corrected chi connectivity index (χ2v) is 6.54. The minimum Gasteiger partial charge on any atom is -0.342 e. The summed E-state index contributed by atoms with van der Waals surface area (Å²) in [5, 5.41) is 0. The molecule has 1 aliphatic heterocycles. The highest BCUT2D eigenvalue weighted by Crippen LogP contribution is 2.17. The van der Waals surface area contributed by atoms with E-state index >= 15 is 0 Å². The highest BCUT2D eigenvalue weighted by Gasteiger charge is 2.35. The number of hydrogen-bond acceptors (Lipinski definition) is 4. The van der Waals surface area contributed by atoms with E-state index in [0.29, 0.717) is 26.2 Å². The van der Waals surface area contributed by atoms with Gasteiger partial charge in [0.2, 0.25) is 11.8 Å². The maximum atomic E-state index is 12.7. The summed E-state index contributed by atoms with van der Waals surface area (Å²) >= 11 is 0. The number of carbonyl (C=O) groups excluding carboxylic acids is 2. The number of likely N-dealkylation sites (N-methyl/N-ethyl adjacent to an activating group) is 2. The van der Waals surface area contributed by atoms with Crippen LogP contribution in [0.25, 0.3) is 0 Å². The Balaban J connectivity index is 1.96. The van der Waals surface area contributed by atoms with Crippen LogP contribution in [0.1, 0.15) is 31.7 Å². The molecule has 2 rings (SSSR count). The number of rotatable bonds is 7. The molecule has 1 aromatic heterocycles. The molecule has 0 saturated carbocycles. The first-order chi connectivity index (χ1) is 11.5. The van der Waals surface area contributed by atoms with Crippen LogP contribution < -0.4 is 0 Å². The monoisotopic (exact) mass is 332 g/mol. The minimum atomic E-state index is -0.303. The lowest BCUT2D eigenvalue weighted by Crippen LogP contribution is -2.58. The van der Waals surface area contributed by atoms with E-state index in [-0.39, 0.29) is 17.9 Å². The van der Waals surface area contributed by atoms with Gasteiger partial charge in [-0.3, -0.25) is 19.5 Å². The van der Waals surface area contributed by atoms with E-state index in [9.17, 15) is 9.59 Å². The molecule has 6 nitrogen and oxygen atoms in total. The van der Waals surface area contributed by atoms with Crippen LogP contribution in [0.3, 0.4) is 0 Å². The van der Waals surface area contributed by atoms with E-state index in [2.05, 4.69) is 11.9 Å². The Morgan fingerprint density at radius 3 is 2.88 bits per heavy atom. The van der Waals surface area contributed by atoms with Gasteiger partial charge in [0, 0.05) is 39.1 Å². The molecule has 0 radical (unpaired) electrons. The van der Waals surface area contributed by atoms with Crippen molar-refractivity contribution in [2.75, 3.05) is 33.7 Å². The Kier molecular flexibility index (Phi) is 6.73. The number of piperazine rings is 1. The molecule has 2 amide bonds. The van der Waals surface area contributed by atoms with Crippen LogP contribution in [-0.2, 0) is 16.1 Å². The summed E-state index contributed by atoms with van der Waals surface area (Å²) in [6, 6.07) is 3.59. The fourth-order valence-corrected chi connectivity index (χ4v) is 3.07. The van der Waals surface area contributed by atoms with Crippen LogP contribution in [0, 0.1) is 0 Å². The van der Waals surface area contributed by atoms with E-state index < -0.39 is 0 Å². The van der Waals surface area contributed by atoms with E-state index in [1.807, 2.05) is 37.3 Å². The number of carbonyl (C=O) groups is 2. The predicted octanol–water partition coefficient (Wildman–Crippen LogP) is 1.37. The molecule has 24 heavy (non-hydrogen) atoms. The molecule has 1 fully saturated rings. The number of aromatic nitrogens is 1. The SMILES string of the molecule is CCCC[C@H]1C(=O)N(C)CCN1C(=O)CN(C)Cc1cccnc1. The van der Waals surface area contributed by atoms with E-state index in [0.717, 1.165) is 24.8 Å². The lowest BCUT2D eigenvalue weighted by atomic mass is 10.0. The molecule has 1 aromatic rings.